The number of hydrogen-bond donors (Lipinski definition) is 1. The maximum Gasteiger partial charge on any atom is 0.351 e. The molecule has 3 atom stereocenters. The highest BCUT2D eigenvalue weighted by atomic mass is 35.5. The zero-order valence-corrected chi connectivity index (χ0v) is 20.9. The zero-order valence-electron chi connectivity index (χ0n) is 20.1. The second-order valence-corrected chi connectivity index (χ2v) is 9.12. The first kappa shape index (κ1) is 25.9. The zero-order chi connectivity index (χ0) is 26.7. The number of benzene rings is 2. The molecule has 9 nitrogen and oxygen atoms in total. The fraction of sp³-hybridized carbons (Fsp3) is 0.259. The van der Waals surface area contributed by atoms with Crippen molar-refractivity contribution in [1.29, 1.82) is 0 Å². The van der Waals surface area contributed by atoms with Gasteiger partial charge in [0.05, 0.1) is 16.1 Å². The van der Waals surface area contributed by atoms with Crippen LogP contribution in [0.2, 0.25) is 5.02 Å². The maximum absolute atomic E-state index is 12.9. The number of nitrogens with zero attached hydrogens (tertiary/aromatic N) is 2. The van der Waals surface area contributed by atoms with E-state index in [0.29, 0.717) is 11.1 Å². The van der Waals surface area contributed by atoms with Gasteiger partial charge >= 0.3 is 17.6 Å². The lowest BCUT2D eigenvalue weighted by Gasteiger charge is -2.28. The molecule has 1 aromatic heterocycles. The molecule has 1 fully saturated rings. The standard InChI is InChI=1S/C27H24ClN3O6/c1-4-27(15-35-24(32)18-9-5-16(2)6-10-18)21(36-25(33)19-11-7-17(3)8-12-19)13-22(37-27)31-14-20(28)23(29)30-26(31)34/h1,5-12,14,21-22H,13,15H2,2-3H3,(H2,29,30,34)/t21-,22+,27+/m0/s1. The molecule has 2 heterocycles. The Morgan fingerprint density at radius 2 is 1.70 bits per heavy atom. The van der Waals surface area contributed by atoms with Gasteiger partial charge in [0.1, 0.15) is 18.7 Å². The van der Waals surface area contributed by atoms with Crippen molar-refractivity contribution < 1.29 is 23.8 Å². The van der Waals surface area contributed by atoms with E-state index in [-0.39, 0.29) is 17.3 Å². The topological polar surface area (TPSA) is 123 Å². The highest BCUT2D eigenvalue weighted by Gasteiger charge is 2.52. The number of anilines is 1. The molecule has 0 bridgehead atoms. The predicted molar refractivity (Wildman–Crippen MR) is 136 cm³/mol. The van der Waals surface area contributed by atoms with Crippen LogP contribution in [0.3, 0.4) is 0 Å². The minimum atomic E-state index is -1.70. The summed E-state index contributed by atoms with van der Waals surface area (Å²) in [6, 6.07) is 13.6. The molecule has 0 amide bonds. The number of carbonyl (C=O) groups excluding carboxylic acids is 2. The number of ether oxygens (including phenoxy) is 3. The van der Waals surface area contributed by atoms with Crippen LogP contribution in [0.1, 0.15) is 44.5 Å². The molecular formula is C27H24ClN3O6. The van der Waals surface area contributed by atoms with E-state index in [1.165, 1.54) is 6.20 Å². The van der Waals surface area contributed by atoms with Gasteiger partial charge in [-0.1, -0.05) is 52.9 Å². The normalized spacial score (nSPS) is 20.7. The molecule has 10 heteroatoms. The van der Waals surface area contributed by atoms with E-state index >= 15 is 0 Å². The number of hydrogen-bond acceptors (Lipinski definition) is 8. The van der Waals surface area contributed by atoms with Crippen molar-refractivity contribution in [3.05, 3.63) is 92.5 Å². The van der Waals surface area contributed by atoms with Crippen LogP contribution in [0.5, 0.6) is 0 Å². The summed E-state index contributed by atoms with van der Waals surface area (Å²) in [7, 11) is 0. The van der Waals surface area contributed by atoms with Crippen molar-refractivity contribution in [2.24, 2.45) is 0 Å². The summed E-state index contributed by atoms with van der Waals surface area (Å²) in [6.45, 7) is 3.34. The molecule has 2 aromatic carbocycles. The summed E-state index contributed by atoms with van der Waals surface area (Å²) in [4.78, 5) is 41.8. The number of rotatable bonds is 6. The van der Waals surface area contributed by atoms with E-state index in [0.717, 1.165) is 15.7 Å². The average molecular weight is 522 g/mol. The summed E-state index contributed by atoms with van der Waals surface area (Å²) < 4.78 is 18.4. The Hall–Kier alpha value is -4.13. The number of terminal acetylenes is 1. The van der Waals surface area contributed by atoms with Crippen LogP contribution in [0, 0.1) is 26.2 Å². The molecule has 0 unspecified atom stereocenters. The van der Waals surface area contributed by atoms with Crippen LogP contribution < -0.4 is 11.4 Å². The Labute approximate surface area is 218 Å². The maximum atomic E-state index is 12.9. The highest BCUT2D eigenvalue weighted by Crippen LogP contribution is 2.39. The number of nitrogens with two attached hydrogens (primary N) is 1. The van der Waals surface area contributed by atoms with E-state index in [1.54, 1.807) is 48.5 Å². The summed E-state index contributed by atoms with van der Waals surface area (Å²) in [5, 5.41) is 0.0282. The van der Waals surface area contributed by atoms with Gasteiger partial charge in [-0.15, -0.1) is 6.42 Å². The summed E-state index contributed by atoms with van der Waals surface area (Å²) in [5.41, 5.74) is 5.74. The first-order valence-electron chi connectivity index (χ1n) is 11.3. The lowest BCUT2D eigenvalue weighted by Crippen LogP contribution is -2.45. The first-order chi connectivity index (χ1) is 17.6. The molecular weight excluding hydrogens is 498 g/mol. The van der Waals surface area contributed by atoms with E-state index in [1.807, 2.05) is 13.8 Å². The number of esters is 2. The van der Waals surface area contributed by atoms with Gasteiger partial charge in [0.15, 0.2) is 6.10 Å². The summed E-state index contributed by atoms with van der Waals surface area (Å²) in [5.74, 6) is 1.05. The molecule has 1 aliphatic heterocycles. The molecule has 3 aromatic rings. The van der Waals surface area contributed by atoms with Crippen LogP contribution in [0.4, 0.5) is 5.82 Å². The Balaban J connectivity index is 1.63. The van der Waals surface area contributed by atoms with Crippen molar-refractivity contribution in [3.63, 3.8) is 0 Å². The van der Waals surface area contributed by atoms with Crippen LogP contribution in [0.25, 0.3) is 0 Å². The van der Waals surface area contributed by atoms with Gasteiger partial charge in [0.25, 0.3) is 0 Å². The molecule has 1 aliphatic rings. The SMILES string of the molecule is C#C[C@]1(COC(=O)c2ccc(C)cc2)O[C@@H](n2cc(Cl)c(N)nc2=O)C[C@@H]1OC(=O)c1ccc(C)cc1. The van der Waals surface area contributed by atoms with Crippen molar-refractivity contribution in [2.45, 2.75) is 38.2 Å². The smallest absolute Gasteiger partial charge is 0.351 e. The Bertz CT molecular complexity index is 1430. The number of halogens is 1. The molecule has 0 radical (unpaired) electrons. The van der Waals surface area contributed by atoms with Gasteiger partial charge in [-0.05, 0) is 38.1 Å². The van der Waals surface area contributed by atoms with Gasteiger partial charge in [-0.25, -0.2) is 14.4 Å². The minimum Gasteiger partial charge on any atom is -0.458 e. The Kier molecular flexibility index (Phi) is 7.34. The van der Waals surface area contributed by atoms with Gasteiger partial charge in [-0.2, -0.15) is 4.98 Å². The van der Waals surface area contributed by atoms with Gasteiger partial charge in [-0.3, -0.25) is 4.57 Å². The third kappa shape index (κ3) is 5.50. The van der Waals surface area contributed by atoms with E-state index in [2.05, 4.69) is 10.9 Å². The number of aryl methyl sites for hydroxylation is 2. The molecule has 2 N–H and O–H groups in total. The third-order valence-corrected chi connectivity index (χ3v) is 6.30. The molecule has 0 aliphatic carbocycles. The average Bonchev–Trinajstić information content (AvgIpc) is 3.23. The Morgan fingerprint density at radius 1 is 1.14 bits per heavy atom. The molecule has 0 spiro atoms. The molecule has 1 saturated heterocycles. The monoisotopic (exact) mass is 521 g/mol. The van der Waals surface area contributed by atoms with Crippen LogP contribution in [0.15, 0.2) is 59.5 Å². The molecule has 4 rings (SSSR count). The minimum absolute atomic E-state index is 0.0282. The molecule has 190 valence electrons. The van der Waals surface area contributed by atoms with Gasteiger partial charge in [0, 0.05) is 12.6 Å². The molecule has 37 heavy (non-hydrogen) atoms. The lowest BCUT2D eigenvalue weighted by atomic mass is 9.98. The van der Waals surface area contributed by atoms with Crippen molar-refractivity contribution in [1.82, 2.24) is 9.55 Å². The Morgan fingerprint density at radius 3 is 2.27 bits per heavy atom. The van der Waals surface area contributed by atoms with Crippen LogP contribution >= 0.6 is 11.6 Å². The van der Waals surface area contributed by atoms with E-state index < -0.39 is 42.2 Å². The van der Waals surface area contributed by atoms with Crippen molar-refractivity contribution >= 4 is 29.4 Å². The number of aromatic nitrogens is 2. The van der Waals surface area contributed by atoms with E-state index in [9.17, 15) is 14.4 Å². The van der Waals surface area contributed by atoms with Gasteiger partial charge < -0.3 is 19.9 Å². The first-order valence-corrected chi connectivity index (χ1v) is 11.7. The largest absolute Gasteiger partial charge is 0.458 e. The predicted octanol–water partition coefficient (Wildman–Crippen LogP) is 3.47. The van der Waals surface area contributed by atoms with Crippen molar-refractivity contribution in [3.8, 4) is 12.3 Å². The molecule has 0 saturated carbocycles. The third-order valence-electron chi connectivity index (χ3n) is 6.01. The second kappa shape index (κ2) is 10.5. The van der Waals surface area contributed by atoms with Crippen molar-refractivity contribution in [2.75, 3.05) is 12.3 Å². The summed E-state index contributed by atoms with van der Waals surface area (Å²) >= 11 is 6.07. The second-order valence-electron chi connectivity index (χ2n) is 8.71. The lowest BCUT2D eigenvalue weighted by molar-refractivity contribution is -0.0984. The highest BCUT2D eigenvalue weighted by molar-refractivity contribution is 6.32. The van der Waals surface area contributed by atoms with Crippen LogP contribution in [-0.2, 0) is 14.2 Å². The van der Waals surface area contributed by atoms with Gasteiger partial charge in [0.2, 0.25) is 5.60 Å². The van der Waals surface area contributed by atoms with E-state index in [4.69, 9.17) is 38.0 Å². The number of nitrogen functional groups attached to an aromatic ring is 1. The number of carbonyl (C=O) groups is 2. The quantitative estimate of drug-likeness (QED) is 0.386. The van der Waals surface area contributed by atoms with Crippen LogP contribution in [-0.4, -0.2) is 39.8 Å². The fourth-order valence-corrected chi connectivity index (χ4v) is 3.99. The fourth-order valence-electron chi connectivity index (χ4n) is 3.85. The summed E-state index contributed by atoms with van der Waals surface area (Å²) in [6.07, 6.45) is 4.99.